The molecule has 0 saturated heterocycles. The summed E-state index contributed by atoms with van der Waals surface area (Å²) in [7, 11) is 0. The Morgan fingerprint density at radius 1 is 1.00 bits per heavy atom. The van der Waals surface area contributed by atoms with E-state index in [0.29, 0.717) is 17.5 Å². The number of hydrogen-bond donors (Lipinski definition) is 2. The van der Waals surface area contributed by atoms with E-state index in [4.69, 9.17) is 0 Å². The highest BCUT2D eigenvalue weighted by Crippen LogP contribution is 2.41. The van der Waals surface area contributed by atoms with E-state index in [9.17, 15) is 4.79 Å². The van der Waals surface area contributed by atoms with E-state index in [1.807, 2.05) is 54.7 Å². The molecule has 0 bridgehead atoms. The van der Waals surface area contributed by atoms with Crippen molar-refractivity contribution in [2.45, 2.75) is 24.9 Å². The molecule has 26 heavy (non-hydrogen) atoms. The first-order chi connectivity index (χ1) is 12.8. The van der Waals surface area contributed by atoms with Crippen molar-refractivity contribution in [3.63, 3.8) is 0 Å². The van der Waals surface area contributed by atoms with Crippen molar-refractivity contribution in [1.82, 2.24) is 10.3 Å². The highest BCUT2D eigenvalue weighted by molar-refractivity contribution is 6.04. The third kappa shape index (κ3) is 3.98. The largest absolute Gasteiger partial charge is 0.322 e. The summed E-state index contributed by atoms with van der Waals surface area (Å²) in [5.41, 5.74) is 4.00. The van der Waals surface area contributed by atoms with Gasteiger partial charge in [0.25, 0.3) is 5.91 Å². The Kier molecular flexibility index (Phi) is 4.75. The predicted octanol–water partition coefficient (Wildman–Crippen LogP) is 3.98. The molecule has 1 heterocycles. The van der Waals surface area contributed by atoms with Crippen LogP contribution in [0.3, 0.4) is 0 Å². The molecule has 0 radical (unpaired) electrons. The number of aromatic nitrogens is 1. The van der Waals surface area contributed by atoms with Crippen molar-refractivity contribution < 1.29 is 4.79 Å². The van der Waals surface area contributed by atoms with Gasteiger partial charge in [0, 0.05) is 42.1 Å². The smallest absolute Gasteiger partial charge is 0.255 e. The summed E-state index contributed by atoms with van der Waals surface area (Å²) in [6.07, 6.45) is 4.84. The average molecular weight is 343 g/mol. The Morgan fingerprint density at radius 2 is 1.81 bits per heavy atom. The number of pyridine rings is 1. The van der Waals surface area contributed by atoms with Crippen molar-refractivity contribution in [2.24, 2.45) is 0 Å². The summed E-state index contributed by atoms with van der Waals surface area (Å²) in [6, 6.07) is 22.0. The van der Waals surface area contributed by atoms with Crippen molar-refractivity contribution in [3.05, 3.63) is 95.8 Å². The van der Waals surface area contributed by atoms with Crippen LogP contribution in [0.4, 0.5) is 5.69 Å². The fraction of sp³-hybridized carbons (Fsp3) is 0.182. The van der Waals surface area contributed by atoms with Gasteiger partial charge in [-0.15, -0.1) is 0 Å². The van der Waals surface area contributed by atoms with Gasteiger partial charge in [-0.25, -0.2) is 0 Å². The van der Waals surface area contributed by atoms with Crippen LogP contribution in [0.5, 0.6) is 0 Å². The summed E-state index contributed by atoms with van der Waals surface area (Å²) in [4.78, 5) is 16.3. The maximum Gasteiger partial charge on any atom is 0.255 e. The van der Waals surface area contributed by atoms with Gasteiger partial charge >= 0.3 is 0 Å². The van der Waals surface area contributed by atoms with Gasteiger partial charge in [0.15, 0.2) is 0 Å². The monoisotopic (exact) mass is 343 g/mol. The topological polar surface area (TPSA) is 54.0 Å². The number of rotatable bonds is 6. The minimum Gasteiger partial charge on any atom is -0.322 e. The molecule has 2 atom stereocenters. The lowest BCUT2D eigenvalue weighted by Crippen LogP contribution is -2.17. The molecular weight excluding hydrogens is 322 g/mol. The minimum absolute atomic E-state index is 0.0826. The van der Waals surface area contributed by atoms with Crippen LogP contribution in [0.15, 0.2) is 79.1 Å². The van der Waals surface area contributed by atoms with Crippen molar-refractivity contribution in [3.8, 4) is 0 Å². The highest BCUT2D eigenvalue weighted by Gasteiger charge is 2.37. The molecule has 4 rings (SSSR count). The van der Waals surface area contributed by atoms with E-state index in [-0.39, 0.29) is 5.91 Å². The van der Waals surface area contributed by atoms with Crippen LogP contribution in [0.2, 0.25) is 0 Å². The Hall–Kier alpha value is -2.98. The molecule has 1 aromatic heterocycles. The third-order valence-electron chi connectivity index (χ3n) is 4.71. The first-order valence-electron chi connectivity index (χ1n) is 8.88. The van der Waals surface area contributed by atoms with Gasteiger partial charge in [0.05, 0.1) is 0 Å². The van der Waals surface area contributed by atoms with Gasteiger partial charge in [-0.2, -0.15) is 0 Å². The first kappa shape index (κ1) is 16.5. The van der Waals surface area contributed by atoms with Crippen LogP contribution in [-0.2, 0) is 6.54 Å². The molecule has 1 aliphatic rings. The third-order valence-corrected chi connectivity index (χ3v) is 4.71. The number of carbonyl (C=O) groups excluding carboxylic acids is 1. The van der Waals surface area contributed by atoms with E-state index in [2.05, 4.69) is 33.8 Å². The number of carbonyl (C=O) groups is 1. The van der Waals surface area contributed by atoms with Crippen molar-refractivity contribution in [2.75, 3.05) is 5.32 Å². The SMILES string of the molecule is O=C(Nc1ccc(C2CC2NCc2cccnc2)cc1)c1ccccc1. The molecular formula is C22H21N3O. The fourth-order valence-electron chi connectivity index (χ4n) is 3.15. The molecule has 1 saturated carbocycles. The van der Waals surface area contributed by atoms with E-state index < -0.39 is 0 Å². The zero-order valence-corrected chi connectivity index (χ0v) is 14.4. The quantitative estimate of drug-likeness (QED) is 0.712. The maximum absolute atomic E-state index is 12.2. The Morgan fingerprint density at radius 3 is 2.54 bits per heavy atom. The van der Waals surface area contributed by atoms with Crippen LogP contribution in [0.1, 0.15) is 33.8 Å². The minimum atomic E-state index is -0.0826. The number of nitrogens with one attached hydrogen (secondary N) is 2. The summed E-state index contributed by atoms with van der Waals surface area (Å²) in [6.45, 7) is 0.847. The summed E-state index contributed by atoms with van der Waals surface area (Å²) < 4.78 is 0. The second-order valence-electron chi connectivity index (χ2n) is 6.63. The molecule has 1 aliphatic carbocycles. The number of amides is 1. The number of nitrogens with zero attached hydrogens (tertiary/aromatic N) is 1. The summed E-state index contributed by atoms with van der Waals surface area (Å²) >= 11 is 0. The molecule has 1 fully saturated rings. The molecule has 2 N–H and O–H groups in total. The van der Waals surface area contributed by atoms with Crippen LogP contribution in [0.25, 0.3) is 0 Å². The van der Waals surface area contributed by atoms with Gasteiger partial charge in [-0.1, -0.05) is 36.4 Å². The molecule has 2 aromatic carbocycles. The molecule has 4 heteroatoms. The summed E-state index contributed by atoms with van der Waals surface area (Å²) in [5, 5.41) is 6.52. The molecule has 0 aliphatic heterocycles. The van der Waals surface area contributed by atoms with Crippen molar-refractivity contribution >= 4 is 11.6 Å². The summed E-state index contributed by atoms with van der Waals surface area (Å²) in [5.74, 6) is 0.464. The number of benzene rings is 2. The lowest BCUT2D eigenvalue weighted by molar-refractivity contribution is 0.102. The van der Waals surface area contributed by atoms with Crippen LogP contribution < -0.4 is 10.6 Å². The Bertz CT molecular complexity index is 863. The first-order valence-corrected chi connectivity index (χ1v) is 8.88. The zero-order chi connectivity index (χ0) is 17.8. The second kappa shape index (κ2) is 7.50. The highest BCUT2D eigenvalue weighted by atomic mass is 16.1. The lowest BCUT2D eigenvalue weighted by Gasteiger charge is -2.07. The molecule has 4 nitrogen and oxygen atoms in total. The Balaban J connectivity index is 1.30. The molecule has 1 amide bonds. The Labute approximate surface area is 153 Å². The fourth-order valence-corrected chi connectivity index (χ4v) is 3.15. The predicted molar refractivity (Wildman–Crippen MR) is 103 cm³/mol. The lowest BCUT2D eigenvalue weighted by atomic mass is 10.1. The van der Waals surface area contributed by atoms with Gasteiger partial charge in [-0.3, -0.25) is 9.78 Å². The van der Waals surface area contributed by atoms with E-state index >= 15 is 0 Å². The van der Waals surface area contributed by atoms with Crippen LogP contribution >= 0.6 is 0 Å². The molecule has 3 aromatic rings. The zero-order valence-electron chi connectivity index (χ0n) is 14.4. The van der Waals surface area contributed by atoms with Crippen molar-refractivity contribution in [1.29, 1.82) is 0 Å². The normalized spacial score (nSPS) is 18.3. The van der Waals surface area contributed by atoms with Crippen LogP contribution in [-0.4, -0.2) is 16.9 Å². The van der Waals surface area contributed by atoms with Crippen LogP contribution in [0, 0.1) is 0 Å². The number of hydrogen-bond acceptors (Lipinski definition) is 3. The van der Waals surface area contributed by atoms with E-state index in [0.717, 1.165) is 18.7 Å². The molecule has 2 unspecified atom stereocenters. The standard InChI is InChI=1S/C22H21N3O/c26-22(18-6-2-1-3-7-18)25-19-10-8-17(9-11-19)20-13-21(20)24-15-16-5-4-12-23-14-16/h1-12,14,20-21,24H,13,15H2,(H,25,26). The maximum atomic E-state index is 12.2. The van der Waals surface area contributed by atoms with E-state index in [1.165, 1.54) is 11.1 Å². The molecule has 0 spiro atoms. The molecule has 130 valence electrons. The van der Waals surface area contributed by atoms with Gasteiger partial charge in [0.2, 0.25) is 0 Å². The van der Waals surface area contributed by atoms with Gasteiger partial charge in [-0.05, 0) is 47.9 Å². The average Bonchev–Trinajstić information content (AvgIpc) is 3.48. The van der Waals surface area contributed by atoms with Gasteiger partial charge < -0.3 is 10.6 Å². The van der Waals surface area contributed by atoms with Gasteiger partial charge in [0.1, 0.15) is 0 Å². The van der Waals surface area contributed by atoms with E-state index in [1.54, 1.807) is 6.20 Å². The second-order valence-corrected chi connectivity index (χ2v) is 6.63. The number of anilines is 1.